The van der Waals surface area contributed by atoms with Crippen LogP contribution >= 0.6 is 0 Å². The summed E-state index contributed by atoms with van der Waals surface area (Å²) in [5.74, 6) is 8.43. The molecule has 2 rings (SSSR count). The van der Waals surface area contributed by atoms with Gasteiger partial charge in [-0.15, -0.1) is 11.8 Å². The van der Waals surface area contributed by atoms with Gasteiger partial charge in [0.2, 0.25) is 0 Å². The van der Waals surface area contributed by atoms with Crippen LogP contribution in [0.2, 0.25) is 0 Å². The predicted octanol–water partition coefficient (Wildman–Crippen LogP) is 2.20. The Morgan fingerprint density at radius 2 is 1.78 bits per heavy atom. The van der Waals surface area contributed by atoms with Crippen molar-refractivity contribution in [2.75, 3.05) is 0 Å². The highest BCUT2D eigenvalue weighted by Gasteiger charge is 2.30. The molecule has 0 heterocycles. The standard InChI is InChI=1S/C9H12/c1-2-4-8(5-3-1)9-6-7-9/h8-9H,2,4-7H2. The van der Waals surface area contributed by atoms with Crippen molar-refractivity contribution in [3.8, 4) is 11.8 Å². The lowest BCUT2D eigenvalue weighted by Crippen LogP contribution is -2.03. The third-order valence-electron chi connectivity index (χ3n) is 2.42. The van der Waals surface area contributed by atoms with E-state index in [4.69, 9.17) is 0 Å². The van der Waals surface area contributed by atoms with Gasteiger partial charge in [0, 0.05) is 12.8 Å². The van der Waals surface area contributed by atoms with Gasteiger partial charge in [0.05, 0.1) is 0 Å². The maximum atomic E-state index is 3.21. The Labute approximate surface area is 56.6 Å². The van der Waals surface area contributed by atoms with E-state index in [0.717, 1.165) is 11.8 Å². The molecule has 1 unspecified atom stereocenters. The normalized spacial score (nSPS) is 33.1. The van der Waals surface area contributed by atoms with E-state index in [0.29, 0.717) is 0 Å². The largest absolute Gasteiger partial charge is 0.103 e. The van der Waals surface area contributed by atoms with Crippen molar-refractivity contribution >= 4 is 0 Å². The van der Waals surface area contributed by atoms with E-state index in [2.05, 4.69) is 11.8 Å². The lowest BCUT2D eigenvalue weighted by molar-refractivity contribution is 0.437. The molecule has 9 heavy (non-hydrogen) atoms. The first-order valence-corrected chi connectivity index (χ1v) is 3.92. The average molecular weight is 120 g/mol. The van der Waals surface area contributed by atoms with Crippen LogP contribution in [0.15, 0.2) is 0 Å². The topological polar surface area (TPSA) is 0 Å². The molecule has 0 radical (unpaired) electrons. The molecule has 1 atom stereocenters. The van der Waals surface area contributed by atoms with Crippen molar-refractivity contribution in [3.63, 3.8) is 0 Å². The molecule has 0 amide bonds. The zero-order valence-electron chi connectivity index (χ0n) is 5.69. The van der Waals surface area contributed by atoms with Crippen LogP contribution in [0.4, 0.5) is 0 Å². The maximum absolute atomic E-state index is 3.21. The number of hydrogen-bond acceptors (Lipinski definition) is 0. The highest BCUT2D eigenvalue weighted by atomic mass is 14.3. The second-order valence-electron chi connectivity index (χ2n) is 3.19. The molecule has 0 aromatic rings. The van der Waals surface area contributed by atoms with E-state index in [-0.39, 0.29) is 0 Å². The molecule has 0 bridgehead atoms. The van der Waals surface area contributed by atoms with Gasteiger partial charge in [-0.2, -0.15) is 0 Å². The summed E-state index contributed by atoms with van der Waals surface area (Å²) < 4.78 is 0. The predicted molar refractivity (Wildman–Crippen MR) is 37.8 cm³/mol. The molecule has 0 nitrogen and oxygen atoms in total. The van der Waals surface area contributed by atoms with Crippen molar-refractivity contribution in [3.05, 3.63) is 0 Å². The first-order chi connectivity index (χ1) is 4.47. The van der Waals surface area contributed by atoms with E-state index in [9.17, 15) is 0 Å². The van der Waals surface area contributed by atoms with Crippen molar-refractivity contribution in [1.29, 1.82) is 0 Å². The van der Waals surface area contributed by atoms with Crippen LogP contribution in [0.3, 0.4) is 0 Å². The lowest BCUT2D eigenvalue weighted by atomic mass is 9.92. The highest BCUT2D eigenvalue weighted by Crippen LogP contribution is 2.41. The monoisotopic (exact) mass is 120 g/mol. The van der Waals surface area contributed by atoms with Gasteiger partial charge < -0.3 is 0 Å². The van der Waals surface area contributed by atoms with Crippen LogP contribution in [-0.2, 0) is 0 Å². The molecule has 2 aliphatic carbocycles. The zero-order valence-corrected chi connectivity index (χ0v) is 5.69. The third-order valence-corrected chi connectivity index (χ3v) is 2.42. The van der Waals surface area contributed by atoms with E-state index >= 15 is 0 Å². The summed E-state index contributed by atoms with van der Waals surface area (Å²) in [6.45, 7) is 0. The Hall–Kier alpha value is -0.440. The van der Waals surface area contributed by atoms with Gasteiger partial charge in [-0.3, -0.25) is 0 Å². The van der Waals surface area contributed by atoms with Crippen LogP contribution in [0.25, 0.3) is 0 Å². The fourth-order valence-corrected chi connectivity index (χ4v) is 1.62. The van der Waals surface area contributed by atoms with E-state index in [1.807, 2.05) is 0 Å². The minimum atomic E-state index is 0.992. The Morgan fingerprint density at radius 3 is 2.33 bits per heavy atom. The summed E-state index contributed by atoms with van der Waals surface area (Å²) in [6.07, 6.45) is 6.74. The molecular weight excluding hydrogens is 108 g/mol. The molecule has 48 valence electrons. The SMILES string of the molecule is C1#CCC(C2CC2)CC1. The second kappa shape index (κ2) is 2.06. The average Bonchev–Trinajstić information content (AvgIpc) is 2.71. The van der Waals surface area contributed by atoms with Crippen molar-refractivity contribution in [2.45, 2.75) is 32.1 Å². The number of hydrogen-bond donors (Lipinski definition) is 0. The Kier molecular flexibility index (Phi) is 1.23. The summed E-state index contributed by atoms with van der Waals surface area (Å²) in [6, 6.07) is 0. The van der Waals surface area contributed by atoms with Gasteiger partial charge in [0.1, 0.15) is 0 Å². The van der Waals surface area contributed by atoms with Crippen LogP contribution in [0.5, 0.6) is 0 Å². The summed E-state index contributed by atoms with van der Waals surface area (Å²) in [5.41, 5.74) is 0. The second-order valence-corrected chi connectivity index (χ2v) is 3.19. The highest BCUT2D eigenvalue weighted by molar-refractivity contribution is 5.06. The van der Waals surface area contributed by atoms with E-state index in [1.54, 1.807) is 0 Å². The van der Waals surface area contributed by atoms with Crippen LogP contribution in [0, 0.1) is 23.7 Å². The molecule has 2 aliphatic rings. The van der Waals surface area contributed by atoms with E-state index in [1.165, 1.54) is 32.1 Å². The van der Waals surface area contributed by atoms with Crippen molar-refractivity contribution in [1.82, 2.24) is 0 Å². The van der Waals surface area contributed by atoms with Crippen molar-refractivity contribution in [2.24, 2.45) is 11.8 Å². The quantitative estimate of drug-likeness (QED) is 0.465. The van der Waals surface area contributed by atoms with Crippen molar-refractivity contribution < 1.29 is 0 Å². The van der Waals surface area contributed by atoms with Gasteiger partial charge in [0.15, 0.2) is 0 Å². The molecule has 0 aliphatic heterocycles. The zero-order chi connectivity index (χ0) is 6.10. The first kappa shape index (κ1) is 5.35. The molecule has 0 heteroatoms. The Balaban J connectivity index is 1.93. The molecular formula is C9H12. The van der Waals surface area contributed by atoms with Crippen LogP contribution < -0.4 is 0 Å². The fourth-order valence-electron chi connectivity index (χ4n) is 1.62. The minimum Gasteiger partial charge on any atom is -0.103 e. The van der Waals surface area contributed by atoms with E-state index < -0.39 is 0 Å². The molecule has 1 fully saturated rings. The fraction of sp³-hybridized carbons (Fsp3) is 0.778. The first-order valence-electron chi connectivity index (χ1n) is 3.92. The smallest absolute Gasteiger partial charge is 0.0120 e. The summed E-state index contributed by atoms with van der Waals surface area (Å²) in [4.78, 5) is 0. The molecule has 1 saturated carbocycles. The van der Waals surface area contributed by atoms with Gasteiger partial charge >= 0.3 is 0 Å². The Bertz CT molecular complexity index is 155. The maximum Gasteiger partial charge on any atom is 0.0120 e. The Morgan fingerprint density at radius 1 is 0.889 bits per heavy atom. The molecule has 0 N–H and O–H groups in total. The molecule has 0 aromatic carbocycles. The lowest BCUT2D eigenvalue weighted by Gasteiger charge is -2.12. The van der Waals surface area contributed by atoms with Crippen LogP contribution in [-0.4, -0.2) is 0 Å². The van der Waals surface area contributed by atoms with Gasteiger partial charge in [-0.25, -0.2) is 0 Å². The number of rotatable bonds is 1. The third kappa shape index (κ3) is 1.10. The molecule has 0 saturated heterocycles. The summed E-state index contributed by atoms with van der Waals surface area (Å²) in [7, 11) is 0. The minimum absolute atomic E-state index is 0.992. The summed E-state index contributed by atoms with van der Waals surface area (Å²) >= 11 is 0. The van der Waals surface area contributed by atoms with Gasteiger partial charge in [0.25, 0.3) is 0 Å². The molecule has 0 aromatic heterocycles. The van der Waals surface area contributed by atoms with Gasteiger partial charge in [-0.05, 0) is 31.1 Å². The summed E-state index contributed by atoms with van der Waals surface area (Å²) in [5, 5.41) is 0. The van der Waals surface area contributed by atoms with Gasteiger partial charge in [-0.1, -0.05) is 0 Å². The van der Waals surface area contributed by atoms with Crippen LogP contribution in [0.1, 0.15) is 32.1 Å². The molecule has 0 spiro atoms.